The van der Waals surface area contributed by atoms with Crippen LogP contribution in [-0.4, -0.2) is 35.9 Å². The van der Waals surface area contributed by atoms with Gasteiger partial charge in [-0.15, -0.1) is 0 Å². The fourth-order valence-electron chi connectivity index (χ4n) is 2.54. The fraction of sp³-hybridized carbons (Fsp3) is 0.562. The summed E-state index contributed by atoms with van der Waals surface area (Å²) < 4.78 is 18.3. The maximum Gasteiger partial charge on any atom is 0.315 e. The Morgan fingerprint density at radius 2 is 1.95 bits per heavy atom. The molecule has 1 saturated carbocycles. The van der Waals surface area contributed by atoms with Gasteiger partial charge in [0.2, 0.25) is 0 Å². The van der Waals surface area contributed by atoms with Crippen molar-refractivity contribution in [3.8, 4) is 5.75 Å². The van der Waals surface area contributed by atoms with Crippen molar-refractivity contribution in [1.82, 2.24) is 10.6 Å². The number of hydrogen-bond donors (Lipinski definition) is 3. The Hall–Kier alpha value is -1.82. The van der Waals surface area contributed by atoms with Gasteiger partial charge in [0.25, 0.3) is 0 Å². The molecule has 0 saturated heterocycles. The van der Waals surface area contributed by atoms with Crippen LogP contribution in [0.2, 0.25) is 0 Å². The van der Waals surface area contributed by atoms with Crippen LogP contribution in [0.4, 0.5) is 9.18 Å². The van der Waals surface area contributed by atoms with E-state index in [1.54, 1.807) is 12.1 Å². The van der Waals surface area contributed by atoms with Crippen LogP contribution in [0.15, 0.2) is 24.3 Å². The van der Waals surface area contributed by atoms with E-state index < -0.39 is 5.60 Å². The Labute approximate surface area is 129 Å². The largest absolute Gasteiger partial charge is 0.489 e. The van der Waals surface area contributed by atoms with E-state index in [0.717, 1.165) is 25.7 Å². The van der Waals surface area contributed by atoms with Gasteiger partial charge in [-0.05, 0) is 44.0 Å². The summed E-state index contributed by atoms with van der Waals surface area (Å²) in [7, 11) is 0. The second kappa shape index (κ2) is 7.45. The van der Waals surface area contributed by atoms with Crippen LogP contribution in [0.5, 0.6) is 5.75 Å². The van der Waals surface area contributed by atoms with Gasteiger partial charge in [0, 0.05) is 6.54 Å². The molecule has 0 aliphatic heterocycles. The predicted molar refractivity (Wildman–Crippen MR) is 81.3 cm³/mol. The van der Waals surface area contributed by atoms with Gasteiger partial charge in [0.15, 0.2) is 0 Å². The predicted octanol–water partition coefficient (Wildman–Crippen LogP) is 2.20. The average Bonchev–Trinajstić information content (AvgIpc) is 2.93. The summed E-state index contributed by atoms with van der Waals surface area (Å²) in [6, 6.07) is 5.41. The topological polar surface area (TPSA) is 70.6 Å². The Balaban J connectivity index is 1.66. The number of carbonyl (C=O) groups excluding carboxylic acids is 1. The third-order valence-electron chi connectivity index (χ3n) is 3.81. The summed E-state index contributed by atoms with van der Waals surface area (Å²) in [5, 5.41) is 15.5. The molecule has 0 spiro atoms. The molecule has 0 bridgehead atoms. The monoisotopic (exact) mass is 310 g/mol. The molecule has 0 heterocycles. The lowest BCUT2D eigenvalue weighted by Gasteiger charge is -2.23. The van der Waals surface area contributed by atoms with Gasteiger partial charge in [0.1, 0.15) is 17.7 Å². The Morgan fingerprint density at radius 1 is 1.32 bits per heavy atom. The molecular formula is C16H23FN2O3. The molecule has 1 unspecified atom stereocenters. The van der Waals surface area contributed by atoms with Crippen LogP contribution in [-0.2, 0) is 0 Å². The second-order valence-corrected chi connectivity index (χ2v) is 5.88. The molecule has 122 valence electrons. The fourth-order valence-corrected chi connectivity index (χ4v) is 2.54. The van der Waals surface area contributed by atoms with E-state index in [-0.39, 0.29) is 24.5 Å². The number of hydrogen-bond acceptors (Lipinski definition) is 3. The molecule has 2 amide bonds. The van der Waals surface area contributed by atoms with Crippen molar-refractivity contribution in [2.24, 2.45) is 0 Å². The van der Waals surface area contributed by atoms with E-state index in [2.05, 4.69) is 10.6 Å². The molecule has 22 heavy (non-hydrogen) atoms. The van der Waals surface area contributed by atoms with Gasteiger partial charge < -0.3 is 20.5 Å². The minimum absolute atomic E-state index is 0.245. The third kappa shape index (κ3) is 5.18. The van der Waals surface area contributed by atoms with E-state index in [1.165, 1.54) is 12.1 Å². The van der Waals surface area contributed by atoms with Crippen molar-refractivity contribution >= 4 is 6.03 Å². The normalized spacial score (nSPS) is 17.8. The summed E-state index contributed by atoms with van der Waals surface area (Å²) in [4.78, 5) is 11.7. The highest BCUT2D eigenvalue weighted by Gasteiger charge is 2.31. The summed E-state index contributed by atoms with van der Waals surface area (Å²) in [5.74, 6) is 0.235. The average molecular weight is 310 g/mol. The quantitative estimate of drug-likeness (QED) is 0.754. The molecule has 1 fully saturated rings. The minimum Gasteiger partial charge on any atom is -0.489 e. The number of benzene rings is 1. The molecule has 0 aromatic heterocycles. The van der Waals surface area contributed by atoms with Crippen LogP contribution in [0.3, 0.4) is 0 Å². The molecule has 1 aliphatic carbocycles. The number of rotatable bonds is 6. The lowest BCUT2D eigenvalue weighted by molar-refractivity contribution is 0.0500. The molecule has 3 N–H and O–H groups in total. The van der Waals surface area contributed by atoms with Crippen molar-refractivity contribution < 1.29 is 19.0 Å². The SMILES string of the molecule is CC(CNC(=O)NCC1(O)CCCC1)Oc1ccc(F)cc1. The number of ether oxygens (including phenoxy) is 1. The Bertz CT molecular complexity index is 487. The first-order valence-electron chi connectivity index (χ1n) is 7.63. The summed E-state index contributed by atoms with van der Waals surface area (Å²) >= 11 is 0. The zero-order valence-electron chi connectivity index (χ0n) is 12.8. The van der Waals surface area contributed by atoms with Gasteiger partial charge >= 0.3 is 6.03 Å². The zero-order chi connectivity index (χ0) is 16.0. The minimum atomic E-state index is -0.756. The molecule has 1 atom stereocenters. The highest BCUT2D eigenvalue weighted by molar-refractivity contribution is 5.73. The first-order valence-corrected chi connectivity index (χ1v) is 7.63. The number of nitrogens with one attached hydrogen (secondary N) is 2. The smallest absolute Gasteiger partial charge is 0.315 e. The number of carbonyl (C=O) groups is 1. The van der Waals surface area contributed by atoms with Crippen LogP contribution in [0.1, 0.15) is 32.6 Å². The molecule has 1 aliphatic rings. The number of amides is 2. The van der Waals surface area contributed by atoms with Gasteiger partial charge in [-0.25, -0.2) is 9.18 Å². The lowest BCUT2D eigenvalue weighted by atomic mass is 10.0. The van der Waals surface area contributed by atoms with Crippen LogP contribution in [0.25, 0.3) is 0 Å². The first kappa shape index (κ1) is 16.5. The molecule has 1 aromatic rings. The number of halogens is 1. The van der Waals surface area contributed by atoms with E-state index in [1.807, 2.05) is 6.92 Å². The highest BCUT2D eigenvalue weighted by Crippen LogP contribution is 2.28. The van der Waals surface area contributed by atoms with Crippen LogP contribution < -0.4 is 15.4 Å². The Morgan fingerprint density at radius 3 is 2.59 bits per heavy atom. The van der Waals surface area contributed by atoms with Gasteiger partial charge in [-0.1, -0.05) is 12.8 Å². The summed E-state index contributed by atoms with van der Waals surface area (Å²) in [6.45, 7) is 2.40. The van der Waals surface area contributed by atoms with Crippen molar-refractivity contribution in [1.29, 1.82) is 0 Å². The van der Waals surface area contributed by atoms with Gasteiger partial charge in [-0.3, -0.25) is 0 Å². The molecule has 2 rings (SSSR count). The zero-order valence-corrected chi connectivity index (χ0v) is 12.8. The molecule has 6 heteroatoms. The number of aliphatic hydroxyl groups is 1. The van der Waals surface area contributed by atoms with E-state index in [4.69, 9.17) is 4.74 Å². The molecule has 1 aromatic carbocycles. The van der Waals surface area contributed by atoms with E-state index in [9.17, 15) is 14.3 Å². The van der Waals surface area contributed by atoms with E-state index >= 15 is 0 Å². The summed E-state index contributed by atoms with van der Waals surface area (Å²) in [6.07, 6.45) is 3.23. The van der Waals surface area contributed by atoms with Crippen LogP contribution >= 0.6 is 0 Å². The van der Waals surface area contributed by atoms with Crippen LogP contribution in [0, 0.1) is 5.82 Å². The lowest BCUT2D eigenvalue weighted by Crippen LogP contribution is -2.46. The standard InChI is InChI=1S/C16H23FN2O3/c1-12(22-14-6-4-13(17)5-7-14)10-18-15(20)19-11-16(21)8-2-3-9-16/h4-7,12,21H,2-3,8-11H2,1H3,(H2,18,19,20). The molecule has 0 radical (unpaired) electrons. The molecular weight excluding hydrogens is 287 g/mol. The van der Waals surface area contributed by atoms with E-state index in [0.29, 0.717) is 12.3 Å². The third-order valence-corrected chi connectivity index (χ3v) is 3.81. The maximum absolute atomic E-state index is 12.8. The van der Waals surface area contributed by atoms with Gasteiger partial charge in [-0.2, -0.15) is 0 Å². The molecule has 5 nitrogen and oxygen atoms in total. The Kier molecular flexibility index (Phi) is 5.60. The highest BCUT2D eigenvalue weighted by atomic mass is 19.1. The van der Waals surface area contributed by atoms with Crippen molar-refractivity contribution in [3.05, 3.63) is 30.1 Å². The van der Waals surface area contributed by atoms with Gasteiger partial charge in [0.05, 0.1) is 12.1 Å². The maximum atomic E-state index is 12.8. The summed E-state index contributed by atoms with van der Waals surface area (Å²) in [5.41, 5.74) is -0.756. The van der Waals surface area contributed by atoms with Crippen molar-refractivity contribution in [2.45, 2.75) is 44.3 Å². The first-order chi connectivity index (χ1) is 10.5. The second-order valence-electron chi connectivity index (χ2n) is 5.88. The number of urea groups is 1. The van der Waals surface area contributed by atoms with Crippen molar-refractivity contribution in [3.63, 3.8) is 0 Å². The van der Waals surface area contributed by atoms with Crippen molar-refractivity contribution in [2.75, 3.05) is 13.1 Å².